The third-order valence-electron chi connectivity index (χ3n) is 1.39. The van der Waals surface area contributed by atoms with E-state index in [1.807, 2.05) is 0 Å². The summed E-state index contributed by atoms with van der Waals surface area (Å²) in [5, 5.41) is 8.45. The SMILES string of the molecule is C=C1CC1(N)CO. The number of hydrogen-bond acceptors (Lipinski definition) is 2. The normalized spacial score (nSPS) is 38.9. The van der Waals surface area contributed by atoms with Crippen molar-refractivity contribution in [2.24, 2.45) is 5.73 Å². The molecule has 1 fully saturated rings. The fourth-order valence-electron chi connectivity index (χ4n) is 0.504. The van der Waals surface area contributed by atoms with Crippen LogP contribution in [0.4, 0.5) is 0 Å². The molecule has 1 aliphatic carbocycles. The minimum atomic E-state index is -0.389. The molecule has 2 nitrogen and oxygen atoms in total. The Morgan fingerprint density at radius 2 is 2.43 bits per heavy atom. The second-order valence-corrected chi connectivity index (χ2v) is 2.09. The van der Waals surface area contributed by atoms with Crippen molar-refractivity contribution in [3.63, 3.8) is 0 Å². The van der Waals surface area contributed by atoms with Crippen LogP contribution in [0.3, 0.4) is 0 Å². The van der Waals surface area contributed by atoms with Crippen molar-refractivity contribution in [3.8, 4) is 0 Å². The highest BCUT2D eigenvalue weighted by atomic mass is 16.3. The number of rotatable bonds is 1. The van der Waals surface area contributed by atoms with Crippen LogP contribution >= 0.6 is 0 Å². The molecular formula is C5H9NO. The molecular weight excluding hydrogens is 90.1 g/mol. The van der Waals surface area contributed by atoms with Gasteiger partial charge in [-0.1, -0.05) is 12.2 Å². The van der Waals surface area contributed by atoms with Crippen molar-refractivity contribution in [2.45, 2.75) is 12.0 Å². The summed E-state index contributed by atoms with van der Waals surface area (Å²) in [4.78, 5) is 0. The van der Waals surface area contributed by atoms with Crippen LogP contribution in [0.25, 0.3) is 0 Å². The van der Waals surface area contributed by atoms with Gasteiger partial charge in [0.1, 0.15) is 0 Å². The molecule has 1 rings (SSSR count). The Bertz CT molecular complexity index is 111. The van der Waals surface area contributed by atoms with Gasteiger partial charge in [0.15, 0.2) is 0 Å². The van der Waals surface area contributed by atoms with Crippen LogP contribution in [0, 0.1) is 0 Å². The molecule has 3 N–H and O–H groups in total. The maximum atomic E-state index is 8.45. The molecule has 0 aliphatic heterocycles. The van der Waals surface area contributed by atoms with Gasteiger partial charge in [-0.25, -0.2) is 0 Å². The van der Waals surface area contributed by atoms with Crippen molar-refractivity contribution < 1.29 is 5.11 Å². The van der Waals surface area contributed by atoms with Gasteiger partial charge in [-0.05, 0) is 6.42 Å². The maximum Gasteiger partial charge on any atom is 0.0653 e. The average molecular weight is 99.1 g/mol. The molecule has 1 atom stereocenters. The highest BCUT2D eigenvalue weighted by Gasteiger charge is 2.42. The summed E-state index contributed by atoms with van der Waals surface area (Å²) in [5.74, 6) is 0. The summed E-state index contributed by atoms with van der Waals surface area (Å²) in [6.45, 7) is 3.65. The lowest BCUT2D eigenvalue weighted by Crippen LogP contribution is -2.26. The number of hydrogen-bond donors (Lipinski definition) is 2. The molecule has 0 aromatic carbocycles. The summed E-state index contributed by atoms with van der Waals surface area (Å²) < 4.78 is 0. The van der Waals surface area contributed by atoms with Crippen LogP contribution in [0.2, 0.25) is 0 Å². The van der Waals surface area contributed by atoms with E-state index < -0.39 is 0 Å². The van der Waals surface area contributed by atoms with Crippen LogP contribution in [0.5, 0.6) is 0 Å². The van der Waals surface area contributed by atoms with E-state index in [4.69, 9.17) is 10.8 Å². The van der Waals surface area contributed by atoms with Crippen molar-refractivity contribution in [2.75, 3.05) is 6.61 Å². The Kier molecular flexibility index (Phi) is 0.743. The first-order valence-corrected chi connectivity index (χ1v) is 2.27. The molecule has 0 aromatic rings. The van der Waals surface area contributed by atoms with Gasteiger partial charge >= 0.3 is 0 Å². The standard InChI is InChI=1S/C5H9NO/c1-4-2-5(4,6)3-7/h7H,1-3,6H2. The highest BCUT2D eigenvalue weighted by molar-refractivity contribution is 5.35. The van der Waals surface area contributed by atoms with E-state index in [1.165, 1.54) is 0 Å². The van der Waals surface area contributed by atoms with Gasteiger partial charge in [0.25, 0.3) is 0 Å². The first kappa shape index (κ1) is 4.81. The van der Waals surface area contributed by atoms with Crippen molar-refractivity contribution in [1.82, 2.24) is 0 Å². The third-order valence-corrected chi connectivity index (χ3v) is 1.39. The molecule has 7 heavy (non-hydrogen) atoms. The molecule has 0 aromatic heterocycles. The summed E-state index contributed by atoms with van der Waals surface area (Å²) in [6.07, 6.45) is 0.795. The molecule has 0 radical (unpaired) electrons. The first-order chi connectivity index (χ1) is 3.19. The van der Waals surface area contributed by atoms with Crippen LogP contribution in [0.15, 0.2) is 12.2 Å². The van der Waals surface area contributed by atoms with Gasteiger partial charge in [-0.3, -0.25) is 0 Å². The van der Waals surface area contributed by atoms with E-state index in [2.05, 4.69) is 6.58 Å². The molecule has 1 aliphatic rings. The smallest absolute Gasteiger partial charge is 0.0653 e. The molecule has 1 unspecified atom stereocenters. The van der Waals surface area contributed by atoms with E-state index in [0.717, 1.165) is 12.0 Å². The molecule has 0 amide bonds. The topological polar surface area (TPSA) is 46.2 Å². The number of aliphatic hydroxyl groups is 1. The van der Waals surface area contributed by atoms with Gasteiger partial charge in [0.2, 0.25) is 0 Å². The predicted octanol–water partition coefficient (Wildman–Crippen LogP) is -0.364. The molecule has 0 bridgehead atoms. The Labute approximate surface area is 42.6 Å². The molecule has 0 saturated heterocycles. The monoisotopic (exact) mass is 99.1 g/mol. The fraction of sp³-hybridized carbons (Fsp3) is 0.600. The van der Waals surface area contributed by atoms with Crippen LogP contribution in [0.1, 0.15) is 6.42 Å². The lowest BCUT2D eigenvalue weighted by molar-refractivity contribution is 0.262. The minimum absolute atomic E-state index is 0.0475. The second kappa shape index (κ2) is 1.08. The number of nitrogens with two attached hydrogens (primary N) is 1. The first-order valence-electron chi connectivity index (χ1n) is 2.27. The fourth-order valence-corrected chi connectivity index (χ4v) is 0.504. The highest BCUT2D eigenvalue weighted by Crippen LogP contribution is 2.37. The Balaban J connectivity index is 2.52. The molecule has 1 saturated carbocycles. The van der Waals surface area contributed by atoms with Crippen molar-refractivity contribution >= 4 is 0 Å². The minimum Gasteiger partial charge on any atom is -0.394 e. The largest absolute Gasteiger partial charge is 0.394 e. The summed E-state index contributed by atoms with van der Waals surface area (Å²) >= 11 is 0. The number of aliphatic hydroxyl groups excluding tert-OH is 1. The van der Waals surface area contributed by atoms with E-state index in [0.29, 0.717) is 0 Å². The maximum absolute atomic E-state index is 8.45. The predicted molar refractivity (Wildman–Crippen MR) is 27.8 cm³/mol. The van der Waals surface area contributed by atoms with Crippen molar-refractivity contribution in [1.29, 1.82) is 0 Å². The summed E-state index contributed by atoms with van der Waals surface area (Å²) in [7, 11) is 0. The van der Waals surface area contributed by atoms with Crippen LogP contribution in [-0.2, 0) is 0 Å². The summed E-state index contributed by atoms with van der Waals surface area (Å²) in [6, 6.07) is 0. The Hall–Kier alpha value is -0.340. The van der Waals surface area contributed by atoms with Gasteiger partial charge < -0.3 is 10.8 Å². The average Bonchev–Trinajstić information content (AvgIpc) is 2.18. The zero-order valence-corrected chi connectivity index (χ0v) is 4.15. The lowest BCUT2D eigenvalue weighted by Gasteiger charge is -1.97. The molecule has 2 heteroatoms. The molecule has 0 heterocycles. The third kappa shape index (κ3) is 0.558. The lowest BCUT2D eigenvalue weighted by atomic mass is 10.3. The van der Waals surface area contributed by atoms with Gasteiger partial charge in [-0.15, -0.1) is 0 Å². The van der Waals surface area contributed by atoms with E-state index in [1.54, 1.807) is 0 Å². The van der Waals surface area contributed by atoms with Crippen molar-refractivity contribution in [3.05, 3.63) is 12.2 Å². The van der Waals surface area contributed by atoms with E-state index >= 15 is 0 Å². The van der Waals surface area contributed by atoms with Gasteiger partial charge in [-0.2, -0.15) is 0 Å². The van der Waals surface area contributed by atoms with Crippen LogP contribution < -0.4 is 5.73 Å². The van der Waals surface area contributed by atoms with Gasteiger partial charge in [0, 0.05) is 0 Å². The zero-order valence-electron chi connectivity index (χ0n) is 4.15. The molecule has 40 valence electrons. The Morgan fingerprint density at radius 1 is 2.00 bits per heavy atom. The second-order valence-electron chi connectivity index (χ2n) is 2.09. The van der Waals surface area contributed by atoms with Crippen LogP contribution in [-0.4, -0.2) is 17.3 Å². The molecule has 0 spiro atoms. The van der Waals surface area contributed by atoms with Gasteiger partial charge in [0.05, 0.1) is 12.1 Å². The summed E-state index contributed by atoms with van der Waals surface area (Å²) in [5.41, 5.74) is 6.02. The van der Waals surface area contributed by atoms with E-state index in [9.17, 15) is 0 Å². The zero-order chi connectivity index (χ0) is 5.49. The quantitative estimate of drug-likeness (QED) is 0.441. The Morgan fingerprint density at radius 3 is 2.43 bits per heavy atom. The van der Waals surface area contributed by atoms with E-state index in [-0.39, 0.29) is 12.1 Å².